The number of fused-ring (bicyclic) bond motifs is 1. The fourth-order valence-corrected chi connectivity index (χ4v) is 1.73. The molecule has 0 unspecified atom stereocenters. The van der Waals surface area contributed by atoms with E-state index < -0.39 is 4.92 Å². The number of nitro groups is 1. The van der Waals surface area contributed by atoms with Gasteiger partial charge < -0.3 is 0 Å². The molecule has 12 heavy (non-hydrogen) atoms. The van der Waals surface area contributed by atoms with Gasteiger partial charge in [0.1, 0.15) is 6.33 Å². The third-order valence-electron chi connectivity index (χ3n) is 1.42. The van der Waals surface area contributed by atoms with Gasteiger partial charge >= 0.3 is 5.69 Å². The Bertz CT molecular complexity index is 439. The number of hydrogen-bond acceptors (Lipinski definition) is 5. The normalized spacial score (nSPS) is 10.3. The molecule has 6 heteroatoms. The molecular formula is C6H3N3O2S. The van der Waals surface area contributed by atoms with E-state index in [2.05, 4.69) is 9.97 Å². The summed E-state index contributed by atoms with van der Waals surface area (Å²) in [5.74, 6) is 0. The van der Waals surface area contributed by atoms with E-state index in [1.165, 1.54) is 23.0 Å². The molecule has 0 saturated heterocycles. The van der Waals surface area contributed by atoms with Crippen LogP contribution in [-0.2, 0) is 0 Å². The van der Waals surface area contributed by atoms with Crippen molar-refractivity contribution in [3.63, 3.8) is 0 Å². The van der Waals surface area contributed by atoms with Crippen LogP contribution < -0.4 is 0 Å². The third-order valence-corrected chi connectivity index (χ3v) is 2.31. The highest BCUT2D eigenvalue weighted by atomic mass is 32.1. The summed E-state index contributed by atoms with van der Waals surface area (Å²) in [4.78, 5) is 17.6. The predicted octanol–water partition coefficient (Wildman–Crippen LogP) is 1.60. The molecule has 0 bridgehead atoms. The largest absolute Gasteiger partial charge is 0.306 e. The molecule has 0 fully saturated rings. The Morgan fingerprint density at radius 2 is 2.42 bits per heavy atom. The Morgan fingerprint density at radius 3 is 3.17 bits per heavy atom. The molecule has 2 aromatic heterocycles. The molecule has 2 aromatic rings. The number of nitrogens with zero attached hydrogens (tertiary/aromatic N) is 3. The Kier molecular flexibility index (Phi) is 1.47. The van der Waals surface area contributed by atoms with Gasteiger partial charge in [-0.05, 0) is 0 Å². The molecule has 0 aliphatic rings. The topological polar surface area (TPSA) is 68.9 Å². The van der Waals surface area contributed by atoms with Gasteiger partial charge in [-0.15, -0.1) is 11.3 Å². The maximum atomic E-state index is 10.4. The summed E-state index contributed by atoms with van der Waals surface area (Å²) in [6, 6.07) is 0. The first-order valence-electron chi connectivity index (χ1n) is 3.10. The van der Waals surface area contributed by atoms with Crippen molar-refractivity contribution in [3.05, 3.63) is 28.0 Å². The molecule has 5 nitrogen and oxygen atoms in total. The molecule has 0 saturated carbocycles. The van der Waals surface area contributed by atoms with Gasteiger partial charge in [0, 0.05) is 6.20 Å². The zero-order valence-corrected chi connectivity index (χ0v) is 6.61. The summed E-state index contributed by atoms with van der Waals surface area (Å²) in [5, 5.41) is 11.9. The third kappa shape index (κ3) is 0.928. The van der Waals surface area contributed by atoms with Crippen LogP contribution >= 0.6 is 11.3 Å². The van der Waals surface area contributed by atoms with E-state index >= 15 is 0 Å². The van der Waals surface area contributed by atoms with E-state index in [4.69, 9.17) is 0 Å². The SMILES string of the molecule is O=[N+]([O-])c1csc2cncnc12. The molecule has 2 rings (SSSR count). The maximum Gasteiger partial charge on any atom is 0.306 e. The van der Waals surface area contributed by atoms with E-state index in [0.29, 0.717) is 5.52 Å². The second-order valence-electron chi connectivity index (χ2n) is 2.11. The van der Waals surface area contributed by atoms with Crippen molar-refractivity contribution in [1.29, 1.82) is 0 Å². The van der Waals surface area contributed by atoms with E-state index in [0.717, 1.165) is 4.70 Å². The average molecular weight is 181 g/mol. The molecule has 0 aliphatic carbocycles. The summed E-state index contributed by atoms with van der Waals surface area (Å²) in [6.45, 7) is 0. The Morgan fingerprint density at radius 1 is 1.58 bits per heavy atom. The van der Waals surface area contributed by atoms with Gasteiger partial charge in [0.05, 0.1) is 15.0 Å². The molecule has 0 atom stereocenters. The summed E-state index contributed by atoms with van der Waals surface area (Å²) < 4.78 is 0.740. The highest BCUT2D eigenvalue weighted by Gasteiger charge is 2.14. The first-order chi connectivity index (χ1) is 5.79. The molecule has 0 aromatic carbocycles. The van der Waals surface area contributed by atoms with Crippen molar-refractivity contribution < 1.29 is 4.92 Å². The quantitative estimate of drug-likeness (QED) is 0.495. The van der Waals surface area contributed by atoms with E-state index in [1.807, 2.05) is 0 Å². The van der Waals surface area contributed by atoms with Crippen LogP contribution in [-0.4, -0.2) is 14.9 Å². The zero-order valence-electron chi connectivity index (χ0n) is 5.80. The molecule has 0 radical (unpaired) electrons. The summed E-state index contributed by atoms with van der Waals surface area (Å²) >= 11 is 1.28. The van der Waals surface area contributed by atoms with Gasteiger partial charge in [-0.1, -0.05) is 0 Å². The smallest absolute Gasteiger partial charge is 0.258 e. The molecular weight excluding hydrogens is 178 g/mol. The number of hydrogen-bond donors (Lipinski definition) is 0. The van der Waals surface area contributed by atoms with Crippen LogP contribution in [0.1, 0.15) is 0 Å². The highest BCUT2D eigenvalue weighted by Crippen LogP contribution is 2.28. The average Bonchev–Trinajstić information content (AvgIpc) is 2.47. The fraction of sp³-hybridized carbons (Fsp3) is 0. The standard InChI is InChI=1S/C6H3N3O2S/c10-9(11)4-2-12-5-1-7-3-8-6(4)5/h1-3H. The van der Waals surface area contributed by atoms with Crippen molar-refractivity contribution in [2.24, 2.45) is 0 Å². The second kappa shape index (κ2) is 2.49. The van der Waals surface area contributed by atoms with Crippen molar-refractivity contribution in [2.75, 3.05) is 0 Å². The zero-order chi connectivity index (χ0) is 8.55. The molecule has 2 heterocycles. The first-order valence-corrected chi connectivity index (χ1v) is 3.98. The monoisotopic (exact) mass is 181 g/mol. The number of thiophene rings is 1. The lowest BCUT2D eigenvalue weighted by atomic mass is 10.4. The van der Waals surface area contributed by atoms with Crippen LogP contribution in [0, 0.1) is 10.1 Å². The maximum absolute atomic E-state index is 10.4. The van der Waals surface area contributed by atoms with Crippen molar-refractivity contribution in [2.45, 2.75) is 0 Å². The van der Waals surface area contributed by atoms with Gasteiger partial charge in [0.2, 0.25) is 0 Å². The van der Waals surface area contributed by atoms with E-state index in [-0.39, 0.29) is 5.69 Å². The Balaban J connectivity index is 2.79. The Hall–Kier alpha value is -1.56. The minimum Gasteiger partial charge on any atom is -0.258 e. The summed E-state index contributed by atoms with van der Waals surface area (Å²) in [6.07, 6.45) is 2.88. The van der Waals surface area contributed by atoms with Gasteiger partial charge in [0.15, 0.2) is 5.52 Å². The number of aromatic nitrogens is 2. The molecule has 0 aliphatic heterocycles. The van der Waals surface area contributed by atoms with Crippen molar-refractivity contribution in [1.82, 2.24) is 9.97 Å². The van der Waals surface area contributed by atoms with Crippen molar-refractivity contribution in [3.8, 4) is 0 Å². The lowest BCUT2D eigenvalue weighted by molar-refractivity contribution is -0.382. The molecule has 0 spiro atoms. The summed E-state index contributed by atoms with van der Waals surface area (Å²) in [5.41, 5.74) is 0.470. The lowest BCUT2D eigenvalue weighted by Crippen LogP contribution is -1.86. The van der Waals surface area contributed by atoms with Crippen LogP contribution in [0.2, 0.25) is 0 Å². The first kappa shape index (κ1) is 7.11. The predicted molar refractivity (Wildman–Crippen MR) is 44.1 cm³/mol. The van der Waals surface area contributed by atoms with Gasteiger partial charge in [-0.3, -0.25) is 10.1 Å². The van der Waals surface area contributed by atoms with Crippen LogP contribution in [0.15, 0.2) is 17.9 Å². The second-order valence-corrected chi connectivity index (χ2v) is 3.02. The minimum absolute atomic E-state index is 0.0531. The van der Waals surface area contributed by atoms with Gasteiger partial charge in [-0.2, -0.15) is 0 Å². The van der Waals surface area contributed by atoms with Crippen LogP contribution in [0.25, 0.3) is 10.2 Å². The van der Waals surface area contributed by atoms with Crippen LogP contribution in [0.4, 0.5) is 5.69 Å². The Labute approximate surface area is 70.8 Å². The molecule has 0 amide bonds. The van der Waals surface area contributed by atoms with Crippen LogP contribution in [0.5, 0.6) is 0 Å². The minimum atomic E-state index is -0.439. The highest BCUT2D eigenvalue weighted by molar-refractivity contribution is 7.17. The molecule has 60 valence electrons. The summed E-state index contributed by atoms with van der Waals surface area (Å²) in [7, 11) is 0. The van der Waals surface area contributed by atoms with Crippen molar-refractivity contribution >= 4 is 27.2 Å². The van der Waals surface area contributed by atoms with Gasteiger partial charge in [0.25, 0.3) is 0 Å². The van der Waals surface area contributed by atoms with E-state index in [1.54, 1.807) is 6.20 Å². The molecule has 0 N–H and O–H groups in total. The number of rotatable bonds is 1. The van der Waals surface area contributed by atoms with E-state index in [9.17, 15) is 10.1 Å². The van der Waals surface area contributed by atoms with Crippen LogP contribution in [0.3, 0.4) is 0 Å². The lowest BCUT2D eigenvalue weighted by Gasteiger charge is -1.85. The fourth-order valence-electron chi connectivity index (χ4n) is 0.900. The van der Waals surface area contributed by atoms with Gasteiger partial charge in [-0.25, -0.2) is 9.97 Å².